The van der Waals surface area contributed by atoms with Crippen molar-refractivity contribution in [3.05, 3.63) is 48.0 Å². The molecule has 1 rings (SSSR count). The summed E-state index contributed by atoms with van der Waals surface area (Å²) in [7, 11) is 2.13. The van der Waals surface area contributed by atoms with E-state index in [0.29, 0.717) is 10.1 Å². The summed E-state index contributed by atoms with van der Waals surface area (Å²) in [5.74, 6) is -0.303. The van der Waals surface area contributed by atoms with Crippen LogP contribution in [0.5, 0.6) is 0 Å². The predicted molar refractivity (Wildman–Crippen MR) is 81.9 cm³/mol. The molecule has 0 amide bonds. The molecular formula is C17H26NO2+. The second kappa shape index (κ2) is 7.25. The van der Waals surface area contributed by atoms with Gasteiger partial charge in [0.1, 0.15) is 6.54 Å². The minimum atomic E-state index is -0.303. The van der Waals surface area contributed by atoms with E-state index in [1.807, 2.05) is 25.1 Å². The zero-order valence-corrected chi connectivity index (χ0v) is 13.1. The monoisotopic (exact) mass is 276 g/mol. The predicted octanol–water partition coefficient (Wildman–Crippen LogP) is 3.51. The number of hydrogen-bond donors (Lipinski definition) is 0. The number of hydrogen-bond acceptors (Lipinski definition) is 2. The summed E-state index contributed by atoms with van der Waals surface area (Å²) in [6.45, 7) is 11.3. The number of quaternary nitrogens is 1. The molecule has 0 aromatic heterocycles. The highest BCUT2D eigenvalue weighted by atomic mass is 16.6. The van der Waals surface area contributed by atoms with Crippen LogP contribution in [-0.2, 0) is 16.1 Å². The van der Waals surface area contributed by atoms with E-state index in [1.165, 1.54) is 5.56 Å². The van der Waals surface area contributed by atoms with Crippen molar-refractivity contribution in [3.63, 3.8) is 0 Å². The van der Waals surface area contributed by atoms with Gasteiger partial charge >= 0.3 is 5.97 Å². The van der Waals surface area contributed by atoms with Crippen LogP contribution in [0.4, 0.5) is 0 Å². The lowest BCUT2D eigenvalue weighted by atomic mass is 10.1. The second-order valence-corrected chi connectivity index (χ2v) is 5.49. The van der Waals surface area contributed by atoms with Crippen LogP contribution in [0.2, 0.25) is 0 Å². The molecular weight excluding hydrogens is 250 g/mol. The van der Waals surface area contributed by atoms with E-state index in [1.54, 1.807) is 6.92 Å². The van der Waals surface area contributed by atoms with Gasteiger partial charge in [-0.15, -0.1) is 0 Å². The van der Waals surface area contributed by atoms with Crippen molar-refractivity contribution < 1.29 is 14.0 Å². The molecule has 0 radical (unpaired) electrons. The van der Waals surface area contributed by atoms with Crippen molar-refractivity contribution in [1.82, 2.24) is 0 Å². The smallest absolute Gasteiger partial charge is 0.337 e. The topological polar surface area (TPSA) is 26.3 Å². The lowest BCUT2D eigenvalue weighted by Gasteiger charge is -2.39. The molecule has 3 nitrogen and oxygen atoms in total. The number of benzene rings is 1. The highest BCUT2D eigenvalue weighted by Crippen LogP contribution is 2.20. The Morgan fingerprint density at radius 2 is 1.90 bits per heavy atom. The molecule has 3 heteroatoms. The van der Waals surface area contributed by atoms with Crippen LogP contribution < -0.4 is 0 Å². The van der Waals surface area contributed by atoms with Gasteiger partial charge in [0.2, 0.25) is 6.23 Å². The second-order valence-electron chi connectivity index (χ2n) is 5.49. The summed E-state index contributed by atoms with van der Waals surface area (Å²) in [4.78, 5) is 11.8. The minimum absolute atomic E-state index is 0.149. The summed E-state index contributed by atoms with van der Waals surface area (Å²) in [5.41, 5.74) is 1.70. The van der Waals surface area contributed by atoms with E-state index >= 15 is 0 Å². The van der Waals surface area contributed by atoms with E-state index in [4.69, 9.17) is 4.74 Å². The average molecular weight is 276 g/mol. The third-order valence-electron chi connectivity index (χ3n) is 3.75. The van der Waals surface area contributed by atoms with Crippen LogP contribution >= 0.6 is 0 Å². The lowest BCUT2D eigenvalue weighted by molar-refractivity contribution is -0.963. The molecule has 0 saturated heterocycles. The molecule has 110 valence electrons. The Kier molecular flexibility index (Phi) is 5.96. The first-order valence-corrected chi connectivity index (χ1v) is 7.17. The Balaban J connectivity index is 2.88. The van der Waals surface area contributed by atoms with E-state index in [9.17, 15) is 4.79 Å². The van der Waals surface area contributed by atoms with Gasteiger partial charge in [-0.1, -0.05) is 43.8 Å². The maximum Gasteiger partial charge on any atom is 0.337 e. The maximum atomic E-state index is 11.8. The molecule has 0 fully saturated rings. The third kappa shape index (κ3) is 4.20. The Morgan fingerprint density at radius 3 is 2.35 bits per heavy atom. The normalized spacial score (nSPS) is 15.2. The fraction of sp³-hybridized carbons (Fsp3) is 0.471. The number of esters is 1. The van der Waals surface area contributed by atoms with Gasteiger partial charge in [0.15, 0.2) is 0 Å². The molecule has 0 saturated carbocycles. The van der Waals surface area contributed by atoms with Gasteiger partial charge in [-0.2, -0.15) is 0 Å². The van der Waals surface area contributed by atoms with Gasteiger partial charge in [-0.25, -0.2) is 4.79 Å². The van der Waals surface area contributed by atoms with Crippen LogP contribution in [0.15, 0.2) is 42.5 Å². The molecule has 1 aromatic rings. The van der Waals surface area contributed by atoms with E-state index < -0.39 is 0 Å². The molecule has 0 heterocycles. The first-order chi connectivity index (χ1) is 9.42. The van der Waals surface area contributed by atoms with E-state index in [-0.39, 0.29) is 12.2 Å². The first kappa shape index (κ1) is 16.4. The van der Waals surface area contributed by atoms with Crippen molar-refractivity contribution in [2.45, 2.75) is 40.0 Å². The Morgan fingerprint density at radius 1 is 1.30 bits per heavy atom. The van der Waals surface area contributed by atoms with Crippen LogP contribution in [0.1, 0.15) is 32.8 Å². The average Bonchev–Trinajstić information content (AvgIpc) is 2.45. The van der Waals surface area contributed by atoms with Gasteiger partial charge < -0.3 is 4.74 Å². The molecule has 20 heavy (non-hydrogen) atoms. The molecule has 2 atom stereocenters. The van der Waals surface area contributed by atoms with Crippen LogP contribution in [0, 0.1) is 0 Å². The Labute approximate surface area is 122 Å². The van der Waals surface area contributed by atoms with Crippen molar-refractivity contribution in [1.29, 1.82) is 0 Å². The molecule has 0 aliphatic carbocycles. The number of ether oxygens (including phenoxy) is 1. The number of carbonyl (C=O) groups is 1. The molecule has 2 unspecified atom stereocenters. The van der Waals surface area contributed by atoms with Gasteiger partial charge in [0, 0.05) is 17.6 Å². The standard InChI is InChI=1S/C17H26NO2/c1-6-16(20-17(19)14(3)4)18(5,7-2)13-15-11-9-8-10-12-15/h8-12,16H,3,6-7,13H2,1-2,4-5H3/q+1. The highest BCUT2D eigenvalue weighted by Gasteiger charge is 2.33. The highest BCUT2D eigenvalue weighted by molar-refractivity contribution is 5.86. The van der Waals surface area contributed by atoms with Crippen molar-refractivity contribution in [2.24, 2.45) is 0 Å². The van der Waals surface area contributed by atoms with Crippen LogP contribution in [0.3, 0.4) is 0 Å². The molecule has 0 N–H and O–H groups in total. The van der Waals surface area contributed by atoms with E-state index in [0.717, 1.165) is 19.5 Å². The Bertz CT molecular complexity index is 455. The summed E-state index contributed by atoms with van der Waals surface area (Å²) >= 11 is 0. The summed E-state index contributed by atoms with van der Waals surface area (Å²) in [5, 5.41) is 0. The van der Waals surface area contributed by atoms with E-state index in [2.05, 4.69) is 32.7 Å². The van der Waals surface area contributed by atoms with Gasteiger partial charge in [-0.05, 0) is 13.8 Å². The minimum Gasteiger partial charge on any atom is -0.409 e. The van der Waals surface area contributed by atoms with Crippen LogP contribution in [0.25, 0.3) is 0 Å². The summed E-state index contributed by atoms with van der Waals surface area (Å²) < 4.78 is 6.30. The number of carbonyl (C=O) groups excluding carboxylic acids is 1. The van der Waals surface area contributed by atoms with Gasteiger partial charge in [0.25, 0.3) is 0 Å². The molecule has 0 bridgehead atoms. The molecule has 0 aliphatic heterocycles. The number of rotatable bonds is 7. The van der Waals surface area contributed by atoms with Gasteiger partial charge in [0.05, 0.1) is 13.6 Å². The fourth-order valence-electron chi connectivity index (χ4n) is 2.29. The van der Waals surface area contributed by atoms with Crippen molar-refractivity contribution >= 4 is 5.97 Å². The molecule has 1 aromatic carbocycles. The zero-order valence-electron chi connectivity index (χ0n) is 13.1. The lowest BCUT2D eigenvalue weighted by Crippen LogP contribution is -2.53. The Hall–Kier alpha value is -1.61. The zero-order chi connectivity index (χ0) is 15.2. The number of nitrogens with zero attached hydrogens (tertiary/aromatic N) is 1. The maximum absolute atomic E-state index is 11.8. The largest absolute Gasteiger partial charge is 0.409 e. The third-order valence-corrected chi connectivity index (χ3v) is 3.75. The van der Waals surface area contributed by atoms with Crippen molar-refractivity contribution in [3.8, 4) is 0 Å². The summed E-state index contributed by atoms with van der Waals surface area (Å²) in [6.07, 6.45) is 0.639. The fourth-order valence-corrected chi connectivity index (χ4v) is 2.29. The van der Waals surface area contributed by atoms with Gasteiger partial charge in [-0.3, -0.25) is 4.48 Å². The first-order valence-electron chi connectivity index (χ1n) is 7.17. The van der Waals surface area contributed by atoms with Crippen molar-refractivity contribution in [2.75, 3.05) is 13.6 Å². The quantitative estimate of drug-likeness (QED) is 0.330. The molecule has 0 aliphatic rings. The SMILES string of the molecule is C=C(C)C(=O)OC(CC)[N+](C)(CC)Cc1ccccc1. The van der Waals surface area contributed by atoms with Crippen LogP contribution in [-0.4, -0.2) is 30.3 Å². The summed E-state index contributed by atoms with van der Waals surface area (Å²) in [6, 6.07) is 10.3. The molecule has 0 spiro atoms.